The van der Waals surface area contributed by atoms with E-state index in [2.05, 4.69) is 27.1 Å². The molecule has 0 saturated carbocycles. The lowest BCUT2D eigenvalue weighted by Gasteiger charge is -2.04. The summed E-state index contributed by atoms with van der Waals surface area (Å²) in [6.07, 6.45) is 7.25. The first-order chi connectivity index (χ1) is 10.7. The van der Waals surface area contributed by atoms with Gasteiger partial charge in [-0.25, -0.2) is 9.97 Å². The molecule has 0 aliphatic heterocycles. The summed E-state index contributed by atoms with van der Waals surface area (Å²) in [6, 6.07) is 12.1. The fourth-order valence-corrected chi connectivity index (χ4v) is 2.35. The third kappa shape index (κ3) is 3.89. The predicted molar refractivity (Wildman–Crippen MR) is 88.1 cm³/mol. The van der Waals surface area contributed by atoms with Crippen molar-refractivity contribution in [3.63, 3.8) is 0 Å². The highest BCUT2D eigenvalue weighted by atomic mass is 35.5. The van der Waals surface area contributed by atoms with Gasteiger partial charge in [0.25, 0.3) is 0 Å². The van der Waals surface area contributed by atoms with Crippen LogP contribution in [0.25, 0.3) is 0 Å². The molecule has 110 valence electrons. The van der Waals surface area contributed by atoms with Crippen LogP contribution in [0.5, 0.6) is 0 Å². The van der Waals surface area contributed by atoms with Gasteiger partial charge in [-0.2, -0.15) is 0 Å². The first-order valence-corrected chi connectivity index (χ1v) is 7.52. The van der Waals surface area contributed by atoms with Crippen LogP contribution in [0, 0.1) is 6.92 Å². The molecule has 1 aromatic carbocycles. The molecule has 4 heteroatoms. The fraction of sp³-hybridized carbons (Fsp3) is 0.167. The van der Waals surface area contributed by atoms with Crippen LogP contribution in [-0.4, -0.2) is 15.0 Å². The number of aryl methyl sites for hydroxylation is 1. The van der Waals surface area contributed by atoms with E-state index < -0.39 is 0 Å². The first kappa shape index (κ1) is 14.7. The van der Waals surface area contributed by atoms with E-state index in [1.54, 1.807) is 0 Å². The summed E-state index contributed by atoms with van der Waals surface area (Å²) >= 11 is 5.90. The molecular formula is C18H16ClN3. The Balaban J connectivity index is 1.67. The number of hydrogen-bond donors (Lipinski definition) is 0. The van der Waals surface area contributed by atoms with Crippen molar-refractivity contribution in [2.24, 2.45) is 0 Å². The quantitative estimate of drug-likeness (QED) is 0.731. The van der Waals surface area contributed by atoms with Gasteiger partial charge in [-0.1, -0.05) is 29.8 Å². The van der Waals surface area contributed by atoms with Crippen molar-refractivity contribution >= 4 is 11.6 Å². The Labute approximate surface area is 135 Å². The van der Waals surface area contributed by atoms with Crippen LogP contribution < -0.4 is 0 Å². The van der Waals surface area contributed by atoms with Gasteiger partial charge in [-0.05, 0) is 48.2 Å². The molecule has 0 aliphatic carbocycles. The number of rotatable bonds is 4. The van der Waals surface area contributed by atoms with Gasteiger partial charge in [0.05, 0.1) is 0 Å². The molecule has 0 atom stereocenters. The molecule has 2 heterocycles. The molecule has 0 fully saturated rings. The zero-order chi connectivity index (χ0) is 15.4. The third-order valence-corrected chi connectivity index (χ3v) is 3.68. The topological polar surface area (TPSA) is 38.7 Å². The van der Waals surface area contributed by atoms with Crippen molar-refractivity contribution in [2.75, 3.05) is 0 Å². The zero-order valence-electron chi connectivity index (χ0n) is 12.3. The lowest BCUT2D eigenvalue weighted by molar-refractivity contribution is 0.977. The maximum Gasteiger partial charge on any atom is 0.125 e. The molecule has 0 amide bonds. The van der Waals surface area contributed by atoms with E-state index in [9.17, 15) is 0 Å². The summed E-state index contributed by atoms with van der Waals surface area (Å²) < 4.78 is 0. The fourth-order valence-electron chi connectivity index (χ4n) is 2.22. The van der Waals surface area contributed by atoms with E-state index in [-0.39, 0.29) is 0 Å². The predicted octanol–water partition coefficient (Wildman–Crippen LogP) is 4.02. The molecule has 0 aliphatic rings. The van der Waals surface area contributed by atoms with Gasteiger partial charge in [-0.3, -0.25) is 4.98 Å². The number of aromatic nitrogens is 3. The average Bonchev–Trinajstić information content (AvgIpc) is 2.54. The zero-order valence-corrected chi connectivity index (χ0v) is 13.1. The minimum atomic E-state index is 0.751. The molecule has 22 heavy (non-hydrogen) atoms. The van der Waals surface area contributed by atoms with Crippen LogP contribution in [0.3, 0.4) is 0 Å². The van der Waals surface area contributed by atoms with E-state index in [1.807, 2.05) is 49.8 Å². The Morgan fingerprint density at radius 3 is 2.00 bits per heavy atom. The van der Waals surface area contributed by atoms with Crippen molar-refractivity contribution in [1.29, 1.82) is 0 Å². The van der Waals surface area contributed by atoms with E-state index in [4.69, 9.17) is 11.6 Å². The van der Waals surface area contributed by atoms with Crippen molar-refractivity contribution in [3.05, 3.63) is 88.2 Å². The average molecular weight is 310 g/mol. The smallest absolute Gasteiger partial charge is 0.125 e. The molecule has 0 bridgehead atoms. The molecule has 3 aromatic rings. The van der Waals surface area contributed by atoms with Gasteiger partial charge >= 0.3 is 0 Å². The summed E-state index contributed by atoms with van der Waals surface area (Å²) in [6.45, 7) is 1.88. The van der Waals surface area contributed by atoms with Crippen LogP contribution >= 0.6 is 11.6 Å². The number of hydrogen-bond acceptors (Lipinski definition) is 3. The standard InChI is InChI=1S/C18H16ClN3/c1-13-20-11-16(12-21-13)9-18-7-4-15(10-22-18)8-14-2-5-17(19)6-3-14/h2-7,10-12H,8-9H2,1H3. The van der Waals surface area contributed by atoms with Crippen LogP contribution in [0.1, 0.15) is 28.2 Å². The SMILES string of the molecule is Cc1ncc(Cc2ccc(Cc3ccc(Cl)cc3)cn2)cn1. The number of benzene rings is 1. The maximum absolute atomic E-state index is 5.90. The van der Waals surface area contributed by atoms with Crippen LogP contribution in [0.2, 0.25) is 5.02 Å². The molecule has 3 nitrogen and oxygen atoms in total. The highest BCUT2D eigenvalue weighted by Crippen LogP contribution is 2.14. The number of pyridine rings is 1. The van der Waals surface area contributed by atoms with Gasteiger partial charge in [0.1, 0.15) is 5.82 Å². The van der Waals surface area contributed by atoms with Gasteiger partial charge in [0.2, 0.25) is 0 Å². The molecule has 0 N–H and O–H groups in total. The Bertz CT molecular complexity index is 668. The Kier molecular flexibility index (Phi) is 4.45. The summed E-state index contributed by atoms with van der Waals surface area (Å²) in [5.74, 6) is 0.787. The Morgan fingerprint density at radius 1 is 0.727 bits per heavy atom. The molecule has 0 spiro atoms. The molecular weight excluding hydrogens is 294 g/mol. The van der Waals surface area contributed by atoms with E-state index >= 15 is 0 Å². The van der Waals surface area contributed by atoms with Crippen LogP contribution in [0.15, 0.2) is 55.0 Å². The number of halogens is 1. The highest BCUT2D eigenvalue weighted by Gasteiger charge is 2.01. The van der Waals surface area contributed by atoms with E-state index in [0.29, 0.717) is 0 Å². The van der Waals surface area contributed by atoms with Gasteiger partial charge in [0, 0.05) is 35.7 Å². The second kappa shape index (κ2) is 6.67. The van der Waals surface area contributed by atoms with Crippen molar-refractivity contribution < 1.29 is 0 Å². The number of nitrogens with zero attached hydrogens (tertiary/aromatic N) is 3. The molecule has 0 unspecified atom stereocenters. The summed E-state index contributed by atoms with van der Waals surface area (Å²) in [7, 11) is 0. The second-order valence-corrected chi connectivity index (χ2v) is 5.71. The lowest BCUT2D eigenvalue weighted by Crippen LogP contribution is -1.97. The summed E-state index contributed by atoms with van der Waals surface area (Å²) in [5, 5.41) is 0.762. The second-order valence-electron chi connectivity index (χ2n) is 5.28. The van der Waals surface area contributed by atoms with Gasteiger partial charge in [-0.15, -0.1) is 0 Å². The normalized spacial score (nSPS) is 10.6. The first-order valence-electron chi connectivity index (χ1n) is 7.15. The molecule has 3 rings (SSSR count). The molecule has 0 radical (unpaired) electrons. The van der Waals surface area contributed by atoms with Crippen molar-refractivity contribution in [1.82, 2.24) is 15.0 Å². The van der Waals surface area contributed by atoms with Crippen molar-refractivity contribution in [2.45, 2.75) is 19.8 Å². The molecule has 0 saturated heterocycles. The third-order valence-electron chi connectivity index (χ3n) is 3.43. The van der Waals surface area contributed by atoms with Crippen LogP contribution in [0.4, 0.5) is 0 Å². The van der Waals surface area contributed by atoms with E-state index in [0.717, 1.165) is 34.9 Å². The van der Waals surface area contributed by atoms with Crippen LogP contribution in [-0.2, 0) is 12.8 Å². The Morgan fingerprint density at radius 2 is 1.36 bits per heavy atom. The Hall–Kier alpha value is -2.26. The molecule has 2 aromatic heterocycles. The van der Waals surface area contributed by atoms with Crippen molar-refractivity contribution in [3.8, 4) is 0 Å². The summed E-state index contributed by atoms with van der Waals surface area (Å²) in [4.78, 5) is 12.9. The largest absolute Gasteiger partial charge is 0.261 e. The summed E-state index contributed by atoms with van der Waals surface area (Å²) in [5.41, 5.74) is 4.51. The minimum Gasteiger partial charge on any atom is -0.261 e. The van der Waals surface area contributed by atoms with Gasteiger partial charge < -0.3 is 0 Å². The maximum atomic E-state index is 5.90. The van der Waals surface area contributed by atoms with Gasteiger partial charge in [0.15, 0.2) is 0 Å². The lowest BCUT2D eigenvalue weighted by atomic mass is 10.1. The minimum absolute atomic E-state index is 0.751. The van der Waals surface area contributed by atoms with E-state index in [1.165, 1.54) is 11.1 Å². The highest BCUT2D eigenvalue weighted by molar-refractivity contribution is 6.30. The monoisotopic (exact) mass is 309 g/mol.